The fourth-order valence-electron chi connectivity index (χ4n) is 3.12. The average Bonchev–Trinajstić information content (AvgIpc) is 3.04. The first-order valence-electron chi connectivity index (χ1n) is 8.55. The van der Waals surface area contributed by atoms with Crippen molar-refractivity contribution in [2.75, 3.05) is 26.7 Å². The van der Waals surface area contributed by atoms with Crippen molar-refractivity contribution in [3.8, 4) is 11.3 Å². The third-order valence-corrected chi connectivity index (χ3v) is 4.96. The number of likely N-dealkylation sites (tertiary alicyclic amines) is 1. The molecule has 128 valence electrons. The molecule has 24 heavy (non-hydrogen) atoms. The number of hydrogen-bond donors (Lipinski definition) is 1. The number of furan rings is 1. The van der Waals surface area contributed by atoms with Gasteiger partial charge in [-0.25, -0.2) is 0 Å². The van der Waals surface area contributed by atoms with Gasteiger partial charge in [-0.1, -0.05) is 28.1 Å². The lowest BCUT2D eigenvalue weighted by molar-refractivity contribution is -0.886. The molecular formula is C19H24BrN2O2+. The third-order valence-electron chi connectivity index (χ3n) is 4.43. The lowest BCUT2D eigenvalue weighted by atomic mass is 10.1. The van der Waals surface area contributed by atoms with E-state index in [9.17, 15) is 4.79 Å². The van der Waals surface area contributed by atoms with E-state index in [2.05, 4.69) is 15.9 Å². The van der Waals surface area contributed by atoms with Crippen LogP contribution in [0.5, 0.6) is 0 Å². The standard InChI is InChI=1S/C19H23BrN2O2/c1-21(14-19(23)22-11-3-2-4-12-22)13-17-9-10-18(24-17)15-5-7-16(20)8-6-15/h5-10H,2-4,11-14H2,1H3/p+1. The number of halogens is 1. The number of quaternary nitrogens is 1. The van der Waals surface area contributed by atoms with Gasteiger partial charge in [-0.15, -0.1) is 0 Å². The summed E-state index contributed by atoms with van der Waals surface area (Å²) in [4.78, 5) is 15.5. The monoisotopic (exact) mass is 391 g/mol. The van der Waals surface area contributed by atoms with Crippen LogP contribution in [-0.4, -0.2) is 37.5 Å². The first-order valence-corrected chi connectivity index (χ1v) is 9.35. The van der Waals surface area contributed by atoms with E-state index in [4.69, 9.17) is 4.42 Å². The largest absolute Gasteiger partial charge is 0.455 e. The number of hydrogen-bond acceptors (Lipinski definition) is 2. The van der Waals surface area contributed by atoms with E-state index < -0.39 is 0 Å². The predicted octanol–water partition coefficient (Wildman–Crippen LogP) is 2.74. The maximum Gasteiger partial charge on any atom is 0.277 e. The van der Waals surface area contributed by atoms with Crippen molar-refractivity contribution in [1.82, 2.24) is 4.90 Å². The summed E-state index contributed by atoms with van der Waals surface area (Å²) in [7, 11) is 2.05. The Hall–Kier alpha value is -1.59. The van der Waals surface area contributed by atoms with Gasteiger partial charge in [-0.05, 0) is 43.5 Å². The molecule has 1 aromatic carbocycles. The average molecular weight is 392 g/mol. The molecule has 5 heteroatoms. The summed E-state index contributed by atoms with van der Waals surface area (Å²) in [5.41, 5.74) is 1.06. The molecule has 3 rings (SSSR count). The second-order valence-electron chi connectivity index (χ2n) is 6.52. The van der Waals surface area contributed by atoms with Crippen LogP contribution in [-0.2, 0) is 11.3 Å². The van der Waals surface area contributed by atoms with E-state index in [0.717, 1.165) is 58.9 Å². The molecule has 1 saturated heterocycles. The molecule has 2 aromatic rings. The maximum absolute atomic E-state index is 12.3. The van der Waals surface area contributed by atoms with Crippen LogP contribution in [0.3, 0.4) is 0 Å². The molecule has 1 aliphatic rings. The van der Waals surface area contributed by atoms with Crippen LogP contribution in [0.1, 0.15) is 25.0 Å². The summed E-state index contributed by atoms with van der Waals surface area (Å²) in [6.07, 6.45) is 3.52. The Balaban J connectivity index is 1.55. The lowest BCUT2D eigenvalue weighted by Crippen LogP contribution is -3.08. The molecule has 1 N–H and O–H groups in total. The number of amides is 1. The number of piperidine rings is 1. The number of carbonyl (C=O) groups excluding carboxylic acids is 1. The first kappa shape index (κ1) is 17.2. The van der Waals surface area contributed by atoms with E-state index in [1.165, 1.54) is 6.42 Å². The highest BCUT2D eigenvalue weighted by molar-refractivity contribution is 9.10. The summed E-state index contributed by atoms with van der Waals surface area (Å²) in [5, 5.41) is 0. The maximum atomic E-state index is 12.3. The van der Waals surface area contributed by atoms with Crippen molar-refractivity contribution >= 4 is 21.8 Å². The summed E-state index contributed by atoms with van der Waals surface area (Å²) in [5.74, 6) is 2.04. The molecule has 2 heterocycles. The topological polar surface area (TPSA) is 37.9 Å². The first-order chi connectivity index (χ1) is 11.6. The Labute approximate surface area is 151 Å². The van der Waals surface area contributed by atoms with Gasteiger partial charge >= 0.3 is 0 Å². The fraction of sp³-hybridized carbons (Fsp3) is 0.421. The highest BCUT2D eigenvalue weighted by atomic mass is 79.9. The van der Waals surface area contributed by atoms with Gasteiger partial charge in [0.25, 0.3) is 5.91 Å². The Morgan fingerprint density at radius 1 is 1.12 bits per heavy atom. The zero-order valence-electron chi connectivity index (χ0n) is 14.1. The molecule has 0 spiro atoms. The Morgan fingerprint density at radius 3 is 2.54 bits per heavy atom. The van der Waals surface area contributed by atoms with Crippen molar-refractivity contribution < 1.29 is 14.1 Å². The molecule has 4 nitrogen and oxygen atoms in total. The van der Waals surface area contributed by atoms with Crippen LogP contribution in [0.2, 0.25) is 0 Å². The minimum atomic E-state index is 0.256. The minimum Gasteiger partial charge on any atom is -0.455 e. The van der Waals surface area contributed by atoms with Crippen molar-refractivity contribution in [2.45, 2.75) is 25.8 Å². The summed E-state index contributed by atoms with van der Waals surface area (Å²) >= 11 is 3.44. The van der Waals surface area contributed by atoms with Crippen LogP contribution in [0.15, 0.2) is 45.3 Å². The van der Waals surface area contributed by atoms with Gasteiger partial charge in [0.1, 0.15) is 12.3 Å². The van der Waals surface area contributed by atoms with Gasteiger partial charge in [-0.2, -0.15) is 0 Å². The van der Waals surface area contributed by atoms with E-state index in [0.29, 0.717) is 6.54 Å². The van der Waals surface area contributed by atoms with E-state index >= 15 is 0 Å². The SMILES string of the molecule is C[NH+](CC(=O)N1CCCCC1)Cc1ccc(-c2ccc(Br)cc2)o1. The molecule has 1 atom stereocenters. The molecule has 1 aliphatic heterocycles. The van der Waals surface area contributed by atoms with Crippen molar-refractivity contribution in [3.63, 3.8) is 0 Å². The summed E-state index contributed by atoms with van der Waals surface area (Å²) in [6.45, 7) is 3.07. The number of likely N-dealkylation sites (N-methyl/N-ethyl adjacent to an activating group) is 1. The number of nitrogens with one attached hydrogen (secondary N) is 1. The predicted molar refractivity (Wildman–Crippen MR) is 97.7 cm³/mol. The minimum absolute atomic E-state index is 0.256. The van der Waals surface area contributed by atoms with Crippen molar-refractivity contribution in [3.05, 3.63) is 46.6 Å². The van der Waals surface area contributed by atoms with Crippen LogP contribution in [0.25, 0.3) is 11.3 Å². The van der Waals surface area contributed by atoms with Gasteiger partial charge in [-0.3, -0.25) is 4.79 Å². The van der Waals surface area contributed by atoms with E-state index in [1.807, 2.05) is 48.3 Å². The molecule has 1 fully saturated rings. The van der Waals surface area contributed by atoms with Crippen LogP contribution in [0.4, 0.5) is 0 Å². The Bertz CT molecular complexity index is 675. The second-order valence-corrected chi connectivity index (χ2v) is 7.44. The molecule has 0 aliphatic carbocycles. The molecule has 1 unspecified atom stereocenters. The lowest BCUT2D eigenvalue weighted by Gasteiger charge is -2.27. The van der Waals surface area contributed by atoms with Crippen LogP contribution >= 0.6 is 15.9 Å². The smallest absolute Gasteiger partial charge is 0.277 e. The molecule has 0 saturated carbocycles. The molecule has 1 aromatic heterocycles. The number of nitrogens with zero attached hydrogens (tertiary/aromatic N) is 1. The Morgan fingerprint density at radius 2 is 1.83 bits per heavy atom. The second kappa shape index (κ2) is 7.99. The summed E-state index contributed by atoms with van der Waals surface area (Å²) in [6, 6.07) is 12.1. The number of benzene rings is 1. The third kappa shape index (κ3) is 4.48. The summed E-state index contributed by atoms with van der Waals surface area (Å²) < 4.78 is 7.00. The van der Waals surface area contributed by atoms with Gasteiger partial charge in [0.15, 0.2) is 12.3 Å². The number of carbonyl (C=O) groups is 1. The molecule has 0 bridgehead atoms. The zero-order chi connectivity index (χ0) is 16.9. The van der Waals surface area contributed by atoms with Crippen LogP contribution < -0.4 is 4.90 Å². The molecule has 1 amide bonds. The van der Waals surface area contributed by atoms with Crippen molar-refractivity contribution in [1.29, 1.82) is 0 Å². The molecule has 0 radical (unpaired) electrons. The Kier molecular flexibility index (Phi) is 5.74. The fourth-order valence-corrected chi connectivity index (χ4v) is 3.38. The highest BCUT2D eigenvalue weighted by Crippen LogP contribution is 2.23. The molecular weight excluding hydrogens is 368 g/mol. The van der Waals surface area contributed by atoms with Gasteiger partial charge in [0.05, 0.1) is 7.05 Å². The van der Waals surface area contributed by atoms with Gasteiger partial charge in [0.2, 0.25) is 0 Å². The quantitative estimate of drug-likeness (QED) is 0.850. The number of rotatable bonds is 5. The van der Waals surface area contributed by atoms with Gasteiger partial charge < -0.3 is 14.2 Å². The van der Waals surface area contributed by atoms with Crippen LogP contribution in [0, 0.1) is 0 Å². The zero-order valence-corrected chi connectivity index (χ0v) is 15.6. The van der Waals surface area contributed by atoms with Crippen molar-refractivity contribution in [2.24, 2.45) is 0 Å². The highest BCUT2D eigenvalue weighted by Gasteiger charge is 2.20. The van der Waals surface area contributed by atoms with Gasteiger partial charge in [0, 0.05) is 23.1 Å². The van der Waals surface area contributed by atoms with E-state index in [1.54, 1.807) is 0 Å². The van der Waals surface area contributed by atoms with E-state index in [-0.39, 0.29) is 5.91 Å². The normalized spacial score (nSPS) is 16.2.